The summed E-state index contributed by atoms with van der Waals surface area (Å²) >= 11 is 0. The van der Waals surface area contributed by atoms with E-state index in [9.17, 15) is 0 Å². The van der Waals surface area contributed by atoms with Crippen molar-refractivity contribution in [3.8, 4) is 18.3 Å². The maximum atomic E-state index is 7.30. The molecule has 0 saturated carbocycles. The number of rotatable bonds is 2. The van der Waals surface area contributed by atoms with Gasteiger partial charge >= 0.3 is 151 Å². The summed E-state index contributed by atoms with van der Waals surface area (Å²) in [5.41, 5.74) is 15.5. The Morgan fingerprint density at radius 3 is 1.70 bits per heavy atom. The minimum atomic E-state index is 0.660. The molecule has 1 aliphatic rings. The molecule has 0 amide bonds. The molecule has 5 rings (SSSR count). The quantitative estimate of drug-likeness (QED) is 0.218. The molecule has 0 radical (unpaired) electrons. The number of terminal acetylenes is 1. The van der Waals surface area contributed by atoms with E-state index in [1.165, 1.54) is 0 Å². The Balaban J connectivity index is 1.73. The van der Waals surface area contributed by atoms with E-state index in [2.05, 4.69) is 24.0 Å². The van der Waals surface area contributed by atoms with E-state index in [0.717, 1.165) is 50.6 Å². The second-order valence-electron chi connectivity index (χ2n) is 7.63. The summed E-state index contributed by atoms with van der Waals surface area (Å²) in [5, 5.41) is 0. The van der Waals surface area contributed by atoms with Gasteiger partial charge in [0.25, 0.3) is 0 Å². The maximum absolute atomic E-state index is 7.30. The fourth-order valence-electron chi connectivity index (χ4n) is 3.90. The van der Waals surface area contributed by atoms with E-state index in [1.807, 2.05) is 78.9 Å². The van der Waals surface area contributed by atoms with Gasteiger partial charge in [-0.2, -0.15) is 0 Å². The summed E-state index contributed by atoms with van der Waals surface area (Å²) in [5.74, 6) is 5.03. The average Bonchev–Trinajstić information content (AvgIpc) is 2.86. The third kappa shape index (κ3) is 3.88. The zero-order valence-electron chi connectivity index (χ0n) is 17.7. The van der Waals surface area contributed by atoms with Crippen molar-refractivity contribution in [2.24, 2.45) is 9.98 Å². The zero-order chi connectivity index (χ0) is 22.8. The van der Waals surface area contributed by atoms with E-state index in [4.69, 9.17) is 28.6 Å². The Bertz CT molecular complexity index is 1510. The standard InChI is InChI=1S/C30H18N3/c1-3-20-9-14-23(15-10-20)32-29-25-7-5-6-8-26(25)30(28-19-22(31)13-18-27(28)29)33-24-16-11-21(4-2)12-17-24/h1,5-19H,31H2/q+1. The molecule has 4 aromatic rings. The van der Waals surface area contributed by atoms with Crippen LogP contribution in [0.5, 0.6) is 0 Å². The first kappa shape index (κ1) is 20.3. The van der Waals surface area contributed by atoms with Crippen LogP contribution >= 0.6 is 0 Å². The number of nitrogens with zero attached hydrogens (tertiary/aromatic N) is 2. The molecule has 2 N–H and O–H groups in total. The van der Waals surface area contributed by atoms with Gasteiger partial charge in [0.05, 0.1) is 0 Å². The van der Waals surface area contributed by atoms with Crippen molar-refractivity contribution in [2.75, 3.05) is 5.73 Å². The van der Waals surface area contributed by atoms with Gasteiger partial charge in [-0.15, -0.1) is 6.42 Å². The van der Waals surface area contributed by atoms with Crippen LogP contribution in [0, 0.1) is 24.7 Å². The fourth-order valence-corrected chi connectivity index (χ4v) is 3.90. The molecule has 0 aromatic heterocycles. The molecular weight excluding hydrogens is 402 g/mol. The van der Waals surface area contributed by atoms with E-state index >= 15 is 0 Å². The summed E-state index contributed by atoms with van der Waals surface area (Å²) in [7, 11) is 0. The molecule has 0 unspecified atom stereocenters. The van der Waals surface area contributed by atoms with Gasteiger partial charge in [-0.05, 0) is 24.3 Å². The molecule has 0 atom stereocenters. The van der Waals surface area contributed by atoms with Crippen LogP contribution in [-0.2, 0) is 0 Å². The second-order valence-corrected chi connectivity index (χ2v) is 7.63. The number of fused-ring (bicyclic) bond motifs is 2. The predicted octanol–water partition coefficient (Wildman–Crippen LogP) is 5.84. The molecule has 0 bridgehead atoms. The topological polar surface area (TPSA) is 50.7 Å². The van der Waals surface area contributed by atoms with Gasteiger partial charge in [-0.25, -0.2) is 0 Å². The van der Waals surface area contributed by atoms with Crippen LogP contribution in [-0.4, -0.2) is 11.4 Å². The number of hydrogen-bond acceptors (Lipinski definition) is 3. The van der Waals surface area contributed by atoms with E-state index in [0.29, 0.717) is 11.3 Å². The van der Waals surface area contributed by atoms with Crippen LogP contribution in [0.15, 0.2) is 101 Å². The van der Waals surface area contributed by atoms with Gasteiger partial charge in [-0.3, -0.25) is 0 Å². The van der Waals surface area contributed by atoms with Crippen molar-refractivity contribution in [1.82, 2.24) is 0 Å². The summed E-state index contributed by atoms with van der Waals surface area (Å²) in [6, 6.07) is 29.0. The van der Waals surface area contributed by atoms with Gasteiger partial charge in [0.2, 0.25) is 0 Å². The summed E-state index contributed by atoms with van der Waals surface area (Å²) in [6.07, 6.45) is 12.8. The van der Waals surface area contributed by atoms with Crippen molar-refractivity contribution in [2.45, 2.75) is 0 Å². The molecule has 0 fully saturated rings. The Labute approximate surface area is 193 Å². The normalized spacial score (nSPS) is 14.3. The molecule has 152 valence electrons. The van der Waals surface area contributed by atoms with E-state index < -0.39 is 0 Å². The van der Waals surface area contributed by atoms with Gasteiger partial charge in [0, 0.05) is 5.56 Å². The molecular formula is C30H18N3+. The number of nitrogens with two attached hydrogens (primary N) is 1. The monoisotopic (exact) mass is 420 g/mol. The van der Waals surface area contributed by atoms with Crippen LogP contribution in [0.3, 0.4) is 0 Å². The predicted molar refractivity (Wildman–Crippen MR) is 135 cm³/mol. The van der Waals surface area contributed by atoms with Crippen molar-refractivity contribution in [3.63, 3.8) is 0 Å². The van der Waals surface area contributed by atoms with Crippen LogP contribution in [0.25, 0.3) is 0 Å². The molecule has 0 heterocycles. The molecule has 33 heavy (non-hydrogen) atoms. The first-order valence-corrected chi connectivity index (χ1v) is 10.4. The molecule has 1 aliphatic carbocycles. The Kier molecular flexibility index (Phi) is 5.21. The van der Waals surface area contributed by atoms with Crippen molar-refractivity contribution >= 4 is 28.5 Å². The van der Waals surface area contributed by atoms with Crippen molar-refractivity contribution < 1.29 is 0 Å². The SMILES string of the molecule is [C+]#Cc1ccc(N=C2c3ccccc3C(=Nc3ccc(C#C)cc3)c3ccc(N)cc32)cc1. The number of benzene rings is 4. The van der Waals surface area contributed by atoms with Crippen LogP contribution < -0.4 is 5.73 Å². The fraction of sp³-hybridized carbons (Fsp3) is 0. The first-order valence-electron chi connectivity index (χ1n) is 10.4. The van der Waals surface area contributed by atoms with Crippen molar-refractivity contribution in [3.05, 3.63) is 131 Å². The molecule has 3 heteroatoms. The van der Waals surface area contributed by atoms with E-state index in [1.54, 1.807) is 0 Å². The van der Waals surface area contributed by atoms with Crippen LogP contribution in [0.1, 0.15) is 33.4 Å². The van der Waals surface area contributed by atoms with Crippen molar-refractivity contribution in [1.29, 1.82) is 0 Å². The summed E-state index contributed by atoms with van der Waals surface area (Å²) < 4.78 is 0. The molecule has 0 spiro atoms. The Morgan fingerprint density at radius 1 is 0.636 bits per heavy atom. The third-order valence-electron chi connectivity index (χ3n) is 5.52. The number of hydrogen-bond donors (Lipinski definition) is 1. The summed E-state index contributed by atoms with van der Waals surface area (Å²) in [6.45, 7) is 0. The molecule has 3 nitrogen and oxygen atoms in total. The minimum absolute atomic E-state index is 0.660. The molecule has 0 aliphatic heterocycles. The molecule has 0 saturated heterocycles. The first-order chi connectivity index (χ1) is 16.2. The number of nitrogen functional groups attached to an aromatic ring is 1. The van der Waals surface area contributed by atoms with Crippen LogP contribution in [0.2, 0.25) is 0 Å². The van der Waals surface area contributed by atoms with Crippen LogP contribution in [0.4, 0.5) is 17.1 Å². The Morgan fingerprint density at radius 2 is 1.15 bits per heavy atom. The summed E-state index contributed by atoms with van der Waals surface area (Å²) in [4.78, 5) is 9.97. The number of aliphatic imine (C=N–C) groups is 2. The van der Waals surface area contributed by atoms with Gasteiger partial charge in [-0.1, -0.05) is 5.92 Å². The van der Waals surface area contributed by atoms with Gasteiger partial charge < -0.3 is 0 Å². The molecule has 4 aromatic carbocycles. The van der Waals surface area contributed by atoms with Gasteiger partial charge in [0.15, 0.2) is 0 Å². The zero-order valence-corrected chi connectivity index (χ0v) is 17.7. The van der Waals surface area contributed by atoms with Gasteiger partial charge in [0.1, 0.15) is 0 Å². The average molecular weight is 420 g/mol. The number of anilines is 1. The second kappa shape index (κ2) is 8.48. The van der Waals surface area contributed by atoms with E-state index in [-0.39, 0.29) is 0 Å². The Hall–Kier alpha value is -4.64. The third-order valence-corrected chi connectivity index (χ3v) is 5.52.